The second-order valence-electron chi connectivity index (χ2n) is 4.32. The van der Waals surface area contributed by atoms with E-state index in [0.29, 0.717) is 6.04 Å². The molecule has 0 aliphatic carbocycles. The van der Waals surface area contributed by atoms with E-state index >= 15 is 0 Å². The third-order valence-electron chi connectivity index (χ3n) is 3.04. The summed E-state index contributed by atoms with van der Waals surface area (Å²) in [6.45, 7) is 3.97. The van der Waals surface area contributed by atoms with Crippen molar-refractivity contribution in [2.75, 3.05) is 20.1 Å². The van der Waals surface area contributed by atoms with Crippen LogP contribution in [0, 0.1) is 0 Å². The molecule has 0 amide bonds. The monoisotopic (exact) mass is 249 g/mol. The summed E-state index contributed by atoms with van der Waals surface area (Å²) in [5.74, 6) is 0. The van der Waals surface area contributed by atoms with Gasteiger partial charge in [-0.05, 0) is 45.6 Å². The van der Waals surface area contributed by atoms with Gasteiger partial charge in [0.25, 0.3) is 0 Å². The summed E-state index contributed by atoms with van der Waals surface area (Å²) in [5.41, 5.74) is 6.64. The molecule has 17 heavy (non-hydrogen) atoms. The predicted octanol–water partition coefficient (Wildman–Crippen LogP) is 2.64. The number of rotatable bonds is 5. The second kappa shape index (κ2) is 5.58. The van der Waals surface area contributed by atoms with E-state index < -0.39 is 0 Å². The Hall–Kier alpha value is -0.970. The van der Waals surface area contributed by atoms with Gasteiger partial charge in [0.1, 0.15) is 5.01 Å². The molecule has 2 rings (SSSR count). The van der Waals surface area contributed by atoms with Crippen molar-refractivity contribution in [3.05, 3.63) is 29.3 Å². The average molecular weight is 249 g/mol. The maximum absolute atomic E-state index is 5.54. The van der Waals surface area contributed by atoms with Crippen molar-refractivity contribution in [3.8, 4) is 0 Å². The van der Waals surface area contributed by atoms with Crippen LogP contribution in [0.5, 0.6) is 0 Å². The fourth-order valence-corrected chi connectivity index (χ4v) is 2.88. The van der Waals surface area contributed by atoms with Crippen LogP contribution >= 0.6 is 11.3 Å². The Bertz CT molecular complexity index is 447. The molecule has 4 heteroatoms. The summed E-state index contributed by atoms with van der Waals surface area (Å²) in [4.78, 5) is 7.00. The van der Waals surface area contributed by atoms with Gasteiger partial charge in [0.15, 0.2) is 0 Å². The molecule has 1 aromatic heterocycles. The molecule has 0 fully saturated rings. The molecule has 1 unspecified atom stereocenters. The molecule has 0 aliphatic heterocycles. The summed E-state index contributed by atoms with van der Waals surface area (Å²) < 4.78 is 1.27. The number of thiazole rings is 1. The third-order valence-corrected chi connectivity index (χ3v) is 4.25. The zero-order chi connectivity index (χ0) is 12.3. The highest BCUT2D eigenvalue weighted by atomic mass is 32.1. The summed E-state index contributed by atoms with van der Waals surface area (Å²) in [6.07, 6.45) is 1.03. The lowest BCUT2D eigenvalue weighted by Crippen LogP contribution is -2.25. The van der Waals surface area contributed by atoms with Crippen molar-refractivity contribution in [2.24, 2.45) is 5.73 Å². The molecule has 0 saturated heterocycles. The van der Waals surface area contributed by atoms with Crippen LogP contribution in [0.2, 0.25) is 0 Å². The largest absolute Gasteiger partial charge is 0.330 e. The molecule has 1 heterocycles. The van der Waals surface area contributed by atoms with E-state index in [0.717, 1.165) is 25.0 Å². The van der Waals surface area contributed by atoms with Gasteiger partial charge in [-0.2, -0.15) is 0 Å². The minimum absolute atomic E-state index is 0.360. The second-order valence-corrected chi connectivity index (χ2v) is 5.38. The lowest BCUT2D eigenvalue weighted by Gasteiger charge is -2.22. The van der Waals surface area contributed by atoms with Crippen molar-refractivity contribution in [1.29, 1.82) is 0 Å². The van der Waals surface area contributed by atoms with Gasteiger partial charge in [0.2, 0.25) is 0 Å². The maximum Gasteiger partial charge on any atom is 0.111 e. The highest BCUT2D eigenvalue weighted by Gasteiger charge is 2.15. The fourth-order valence-electron chi connectivity index (χ4n) is 1.79. The van der Waals surface area contributed by atoms with Gasteiger partial charge in [-0.3, -0.25) is 4.90 Å². The van der Waals surface area contributed by atoms with Gasteiger partial charge in [-0.15, -0.1) is 11.3 Å². The number of aromatic nitrogens is 1. The van der Waals surface area contributed by atoms with Crippen molar-refractivity contribution in [3.63, 3.8) is 0 Å². The molecule has 0 aliphatic rings. The summed E-state index contributed by atoms with van der Waals surface area (Å²) in [6, 6.07) is 8.66. The van der Waals surface area contributed by atoms with Crippen LogP contribution in [0.25, 0.3) is 10.2 Å². The Labute approximate surface area is 106 Å². The minimum Gasteiger partial charge on any atom is -0.330 e. The molecule has 0 bridgehead atoms. The van der Waals surface area contributed by atoms with Crippen molar-refractivity contribution >= 4 is 21.6 Å². The van der Waals surface area contributed by atoms with Crippen LogP contribution in [0.15, 0.2) is 24.3 Å². The Morgan fingerprint density at radius 2 is 2.18 bits per heavy atom. The number of nitrogens with two attached hydrogens (primary N) is 1. The van der Waals surface area contributed by atoms with E-state index in [9.17, 15) is 0 Å². The fraction of sp³-hybridized carbons (Fsp3) is 0.462. The Balaban J connectivity index is 2.15. The molecule has 92 valence electrons. The Morgan fingerprint density at radius 1 is 1.41 bits per heavy atom. The van der Waals surface area contributed by atoms with Crippen LogP contribution in [-0.2, 0) is 0 Å². The van der Waals surface area contributed by atoms with Crippen molar-refractivity contribution in [1.82, 2.24) is 9.88 Å². The maximum atomic E-state index is 5.54. The van der Waals surface area contributed by atoms with Gasteiger partial charge >= 0.3 is 0 Å². The molecule has 1 aromatic carbocycles. The number of fused-ring (bicyclic) bond motifs is 1. The SMILES string of the molecule is CC(c1nc2ccccc2s1)N(C)CCCN. The van der Waals surface area contributed by atoms with Crippen LogP contribution in [0.3, 0.4) is 0 Å². The number of hydrogen-bond acceptors (Lipinski definition) is 4. The third kappa shape index (κ3) is 2.83. The molecule has 1 atom stereocenters. The molecule has 0 saturated carbocycles. The first-order valence-electron chi connectivity index (χ1n) is 5.98. The van der Waals surface area contributed by atoms with Crippen molar-refractivity contribution < 1.29 is 0 Å². The lowest BCUT2D eigenvalue weighted by atomic mass is 10.3. The van der Waals surface area contributed by atoms with E-state index in [2.05, 4.69) is 42.1 Å². The number of benzene rings is 1. The van der Waals surface area contributed by atoms with E-state index in [1.807, 2.05) is 6.07 Å². The summed E-state index contributed by atoms with van der Waals surface area (Å²) >= 11 is 1.78. The molecular weight excluding hydrogens is 230 g/mol. The quantitative estimate of drug-likeness (QED) is 0.885. The van der Waals surface area contributed by atoms with Gasteiger partial charge in [0.05, 0.1) is 16.3 Å². The smallest absolute Gasteiger partial charge is 0.111 e. The van der Waals surface area contributed by atoms with Gasteiger partial charge in [0, 0.05) is 0 Å². The first-order chi connectivity index (χ1) is 8.22. The molecule has 2 aromatic rings. The lowest BCUT2D eigenvalue weighted by molar-refractivity contribution is 0.259. The van der Waals surface area contributed by atoms with Gasteiger partial charge < -0.3 is 5.73 Å². The van der Waals surface area contributed by atoms with Crippen LogP contribution < -0.4 is 5.73 Å². The van der Waals surface area contributed by atoms with E-state index in [4.69, 9.17) is 5.73 Å². The van der Waals surface area contributed by atoms with Crippen molar-refractivity contribution in [2.45, 2.75) is 19.4 Å². The van der Waals surface area contributed by atoms with Gasteiger partial charge in [-0.1, -0.05) is 12.1 Å². The van der Waals surface area contributed by atoms with Crippen LogP contribution in [-0.4, -0.2) is 30.0 Å². The summed E-state index contributed by atoms with van der Waals surface area (Å²) in [5, 5.41) is 1.19. The van der Waals surface area contributed by atoms with E-state index in [1.54, 1.807) is 11.3 Å². The standard InChI is InChI=1S/C13H19N3S/c1-10(16(2)9-5-8-14)13-15-11-6-3-4-7-12(11)17-13/h3-4,6-7,10H,5,8-9,14H2,1-2H3. The first kappa shape index (κ1) is 12.5. The highest BCUT2D eigenvalue weighted by molar-refractivity contribution is 7.18. The molecular formula is C13H19N3S. The molecule has 0 radical (unpaired) electrons. The molecule has 3 nitrogen and oxygen atoms in total. The number of nitrogens with zero attached hydrogens (tertiary/aromatic N) is 2. The topological polar surface area (TPSA) is 42.2 Å². The average Bonchev–Trinajstić information content (AvgIpc) is 2.78. The van der Waals surface area contributed by atoms with Gasteiger partial charge in [-0.25, -0.2) is 4.98 Å². The minimum atomic E-state index is 0.360. The van der Waals surface area contributed by atoms with E-state index in [-0.39, 0.29) is 0 Å². The normalized spacial score (nSPS) is 13.4. The summed E-state index contributed by atoms with van der Waals surface area (Å²) in [7, 11) is 2.13. The molecule has 0 spiro atoms. The zero-order valence-corrected chi connectivity index (χ0v) is 11.2. The number of para-hydroxylation sites is 1. The highest BCUT2D eigenvalue weighted by Crippen LogP contribution is 2.28. The molecule has 2 N–H and O–H groups in total. The van der Waals surface area contributed by atoms with Crippen LogP contribution in [0.4, 0.5) is 0 Å². The zero-order valence-electron chi connectivity index (χ0n) is 10.4. The first-order valence-corrected chi connectivity index (χ1v) is 6.80. The predicted molar refractivity (Wildman–Crippen MR) is 74.3 cm³/mol. The Kier molecular flexibility index (Phi) is 4.10. The number of hydrogen-bond donors (Lipinski definition) is 1. The Morgan fingerprint density at radius 3 is 2.88 bits per heavy atom. The van der Waals surface area contributed by atoms with E-state index in [1.165, 1.54) is 9.71 Å². The van der Waals surface area contributed by atoms with Crippen LogP contribution in [0.1, 0.15) is 24.4 Å².